The quantitative estimate of drug-likeness (QED) is 0.423. The van der Waals surface area contributed by atoms with Crippen molar-refractivity contribution in [3.8, 4) is 0 Å². The highest BCUT2D eigenvalue weighted by Gasteiger charge is 2.26. The summed E-state index contributed by atoms with van der Waals surface area (Å²) in [7, 11) is 0. The summed E-state index contributed by atoms with van der Waals surface area (Å²) in [6.07, 6.45) is 2.17. The summed E-state index contributed by atoms with van der Waals surface area (Å²) < 4.78 is 14.3. The Labute approximate surface area is 180 Å². The highest BCUT2D eigenvalue weighted by Crippen LogP contribution is 2.20. The van der Waals surface area contributed by atoms with Gasteiger partial charge in [0.25, 0.3) is 0 Å². The van der Waals surface area contributed by atoms with Crippen LogP contribution in [0.25, 0.3) is 0 Å². The molecule has 2 unspecified atom stereocenters. The second kappa shape index (κ2) is 10.8. The largest absolute Gasteiger partial charge is 0.334 e. The van der Waals surface area contributed by atoms with Crippen LogP contribution in [0, 0.1) is 18.7 Å². The molecule has 1 heterocycles. The Morgan fingerprint density at radius 3 is 2.47 bits per heavy atom. The molecule has 1 aromatic carbocycles. The molecule has 0 saturated heterocycles. The van der Waals surface area contributed by atoms with Gasteiger partial charge in [0.2, 0.25) is 17.6 Å². The van der Waals surface area contributed by atoms with Gasteiger partial charge in [-0.2, -0.15) is 0 Å². The molecule has 0 aliphatic rings. The summed E-state index contributed by atoms with van der Waals surface area (Å²) in [6.45, 7) is 5.09. The molecule has 0 saturated carbocycles. The Kier molecular flexibility index (Phi) is 8.47. The molecule has 0 radical (unpaired) electrons. The number of aryl methyl sites for hydroxylation is 1. The number of nitrogens with zero attached hydrogens (tertiary/aromatic N) is 3. The molecule has 2 aromatic rings. The molecule has 2 rings (SSSR count). The van der Waals surface area contributed by atoms with Crippen molar-refractivity contribution >= 4 is 35.0 Å². The van der Waals surface area contributed by atoms with Crippen molar-refractivity contribution in [2.45, 2.75) is 39.8 Å². The maximum Gasteiger partial charge on any atom is 0.243 e. The number of rotatable bonds is 10. The minimum absolute atomic E-state index is 0.208. The number of hydrogen-bond donors (Lipinski definition) is 0. The average Bonchev–Trinajstić information content (AvgIpc) is 2.71. The molecule has 2 atom stereocenters. The van der Waals surface area contributed by atoms with E-state index in [-0.39, 0.29) is 24.9 Å². The van der Waals surface area contributed by atoms with Crippen molar-refractivity contribution < 1.29 is 18.8 Å². The lowest BCUT2D eigenvalue weighted by Gasteiger charge is -2.32. The van der Waals surface area contributed by atoms with Crippen LogP contribution in [0.2, 0.25) is 0 Å². The van der Waals surface area contributed by atoms with Crippen LogP contribution in [0.1, 0.15) is 31.4 Å². The molecule has 30 heavy (non-hydrogen) atoms. The van der Waals surface area contributed by atoms with Crippen molar-refractivity contribution in [2.75, 3.05) is 11.4 Å². The predicted molar refractivity (Wildman–Crippen MR) is 113 cm³/mol. The highest BCUT2D eigenvalue weighted by molar-refractivity contribution is 6.63. The van der Waals surface area contributed by atoms with Gasteiger partial charge in [-0.3, -0.25) is 19.3 Å². The van der Waals surface area contributed by atoms with Crippen LogP contribution in [0.4, 0.5) is 10.2 Å². The van der Waals surface area contributed by atoms with Crippen molar-refractivity contribution in [2.24, 2.45) is 5.92 Å². The van der Waals surface area contributed by atoms with E-state index in [9.17, 15) is 18.8 Å². The third kappa shape index (κ3) is 6.35. The normalized spacial score (nSPS) is 12.7. The lowest BCUT2D eigenvalue weighted by Crippen LogP contribution is -2.45. The van der Waals surface area contributed by atoms with E-state index >= 15 is 0 Å². The number of carbonyl (C=O) groups excluding carboxylic acids is 3. The smallest absolute Gasteiger partial charge is 0.243 e. The Bertz CT molecular complexity index is 894. The Hall–Kier alpha value is -2.80. The van der Waals surface area contributed by atoms with Gasteiger partial charge in [-0.05, 0) is 49.1 Å². The summed E-state index contributed by atoms with van der Waals surface area (Å²) in [5.41, 5.74) is 1.49. The molecular weight excluding hydrogens is 409 g/mol. The molecule has 8 heteroatoms. The first-order chi connectivity index (χ1) is 14.2. The van der Waals surface area contributed by atoms with E-state index in [2.05, 4.69) is 4.98 Å². The fourth-order valence-corrected chi connectivity index (χ4v) is 3.23. The summed E-state index contributed by atoms with van der Waals surface area (Å²) in [6, 6.07) is 10.3. The van der Waals surface area contributed by atoms with Crippen LogP contribution >= 0.6 is 11.6 Å². The summed E-state index contributed by atoms with van der Waals surface area (Å²) in [5, 5.41) is -0.477. The van der Waals surface area contributed by atoms with Gasteiger partial charge in [0.05, 0.1) is 0 Å². The predicted octanol–water partition coefficient (Wildman–Crippen LogP) is 3.70. The molecule has 2 amide bonds. The second-order valence-electron chi connectivity index (χ2n) is 7.35. The average molecular weight is 434 g/mol. The number of halogens is 2. The number of carbonyl (C=O) groups is 3. The molecule has 0 aliphatic heterocycles. The van der Waals surface area contributed by atoms with E-state index in [0.717, 1.165) is 10.5 Å². The van der Waals surface area contributed by atoms with Crippen LogP contribution < -0.4 is 4.90 Å². The Morgan fingerprint density at radius 1 is 1.23 bits per heavy atom. The zero-order chi connectivity index (χ0) is 22.3. The van der Waals surface area contributed by atoms with Gasteiger partial charge in [0, 0.05) is 24.7 Å². The molecule has 0 bridgehead atoms. The van der Waals surface area contributed by atoms with Crippen LogP contribution in [0.5, 0.6) is 0 Å². The van der Waals surface area contributed by atoms with Gasteiger partial charge in [-0.15, -0.1) is 0 Å². The summed E-state index contributed by atoms with van der Waals surface area (Å²) in [4.78, 5) is 42.6. The van der Waals surface area contributed by atoms with E-state index in [1.165, 1.54) is 12.3 Å². The monoisotopic (exact) mass is 433 g/mol. The SMILES string of the molecule is Cc1cnc(N(C=O)CC(=O)N(Cc2ccccc2)C(C)CC(C)C(=O)Cl)c(F)c1. The van der Waals surface area contributed by atoms with Gasteiger partial charge in [-0.1, -0.05) is 37.3 Å². The first-order valence-corrected chi connectivity index (χ1v) is 9.97. The first kappa shape index (κ1) is 23.5. The van der Waals surface area contributed by atoms with Gasteiger partial charge in [0.1, 0.15) is 6.54 Å². The topological polar surface area (TPSA) is 70.6 Å². The summed E-state index contributed by atoms with van der Waals surface area (Å²) in [5.74, 6) is -1.72. The number of amides is 2. The minimum Gasteiger partial charge on any atom is -0.334 e. The number of aromatic nitrogens is 1. The zero-order valence-electron chi connectivity index (χ0n) is 17.2. The van der Waals surface area contributed by atoms with Crippen LogP contribution in [-0.2, 0) is 20.9 Å². The van der Waals surface area contributed by atoms with Crippen molar-refractivity contribution in [3.63, 3.8) is 0 Å². The first-order valence-electron chi connectivity index (χ1n) is 9.59. The second-order valence-corrected chi connectivity index (χ2v) is 7.72. The van der Waals surface area contributed by atoms with E-state index in [1.807, 2.05) is 37.3 Å². The van der Waals surface area contributed by atoms with Crippen LogP contribution in [0.3, 0.4) is 0 Å². The third-order valence-corrected chi connectivity index (χ3v) is 5.17. The fourth-order valence-electron chi connectivity index (χ4n) is 3.14. The number of benzene rings is 1. The van der Waals surface area contributed by atoms with E-state index in [1.54, 1.807) is 18.7 Å². The molecule has 160 valence electrons. The molecule has 1 aromatic heterocycles. The lowest BCUT2D eigenvalue weighted by atomic mass is 10.0. The van der Waals surface area contributed by atoms with Crippen LogP contribution in [0.15, 0.2) is 42.6 Å². The third-order valence-electron chi connectivity index (χ3n) is 4.79. The van der Waals surface area contributed by atoms with E-state index < -0.39 is 22.9 Å². The van der Waals surface area contributed by atoms with Gasteiger partial charge < -0.3 is 4.90 Å². The molecule has 0 aliphatic carbocycles. The maximum atomic E-state index is 14.3. The van der Waals surface area contributed by atoms with Crippen molar-refractivity contribution in [3.05, 3.63) is 59.5 Å². The van der Waals surface area contributed by atoms with E-state index in [4.69, 9.17) is 11.6 Å². The lowest BCUT2D eigenvalue weighted by molar-refractivity contribution is -0.133. The molecule has 0 N–H and O–H groups in total. The molecule has 0 spiro atoms. The van der Waals surface area contributed by atoms with Crippen molar-refractivity contribution in [1.29, 1.82) is 0 Å². The summed E-state index contributed by atoms with van der Waals surface area (Å²) >= 11 is 5.59. The maximum absolute atomic E-state index is 14.3. The minimum atomic E-state index is -0.682. The number of anilines is 1. The number of hydrogen-bond acceptors (Lipinski definition) is 4. The van der Waals surface area contributed by atoms with Gasteiger partial charge in [-0.25, -0.2) is 9.37 Å². The highest BCUT2D eigenvalue weighted by atomic mass is 35.5. The van der Waals surface area contributed by atoms with Gasteiger partial charge >= 0.3 is 0 Å². The molecule has 0 fully saturated rings. The van der Waals surface area contributed by atoms with E-state index in [0.29, 0.717) is 18.4 Å². The molecule has 6 nitrogen and oxygen atoms in total. The van der Waals surface area contributed by atoms with Crippen molar-refractivity contribution in [1.82, 2.24) is 9.88 Å². The molecular formula is C22H25ClFN3O3. The zero-order valence-corrected chi connectivity index (χ0v) is 18.0. The van der Waals surface area contributed by atoms with Gasteiger partial charge in [0.15, 0.2) is 11.6 Å². The fraction of sp³-hybridized carbons (Fsp3) is 0.364. The number of pyridine rings is 1. The van der Waals surface area contributed by atoms with Crippen LogP contribution in [-0.4, -0.2) is 40.0 Å². The Balaban J connectivity index is 2.25. The Morgan fingerprint density at radius 2 is 1.90 bits per heavy atom. The standard InChI is InChI=1S/C22H25ClFN3O3/c1-15-9-19(24)22(25-11-15)26(14-28)13-20(29)27(12-18-7-5-4-6-8-18)17(3)10-16(2)21(23)30/h4-9,11,14,16-17H,10,12-13H2,1-3H3.